The van der Waals surface area contributed by atoms with Gasteiger partial charge in [0.05, 0.1) is 10.7 Å². The summed E-state index contributed by atoms with van der Waals surface area (Å²) in [5, 5.41) is 6.59. The molecule has 1 heterocycles. The largest absolute Gasteiger partial charge is 0.373 e. The zero-order valence-electron chi connectivity index (χ0n) is 12.5. The molecule has 1 unspecified atom stereocenters. The topological polar surface area (TPSA) is 44.4 Å². The molecule has 0 aromatic heterocycles. The lowest BCUT2D eigenvalue weighted by molar-refractivity contribution is -0.117. The van der Waals surface area contributed by atoms with Crippen molar-refractivity contribution in [2.24, 2.45) is 5.92 Å². The fraction of sp³-hybridized carbons (Fsp3) is 0.533. The van der Waals surface area contributed by atoms with Crippen LogP contribution in [0.15, 0.2) is 12.1 Å². The van der Waals surface area contributed by atoms with E-state index in [2.05, 4.69) is 29.4 Å². The summed E-state index contributed by atoms with van der Waals surface area (Å²) in [7, 11) is 3.80. The van der Waals surface area contributed by atoms with Gasteiger partial charge in [0.1, 0.15) is 6.04 Å². The molecule has 0 fully saturated rings. The van der Waals surface area contributed by atoms with Crippen LogP contribution in [0.5, 0.6) is 0 Å². The highest BCUT2D eigenvalue weighted by Crippen LogP contribution is 2.38. The number of carbonyl (C=O) groups is 1. The lowest BCUT2D eigenvalue weighted by atomic mass is 10.1. The molecule has 0 bridgehead atoms. The van der Waals surface area contributed by atoms with Crippen molar-refractivity contribution in [3.63, 3.8) is 0 Å². The summed E-state index contributed by atoms with van der Waals surface area (Å²) >= 11 is 6.38. The molecule has 110 valence electrons. The first-order chi connectivity index (χ1) is 9.43. The Kier molecular flexibility index (Phi) is 4.55. The van der Waals surface area contributed by atoms with E-state index in [0.717, 1.165) is 29.9 Å². The first kappa shape index (κ1) is 15.1. The number of anilines is 2. The van der Waals surface area contributed by atoms with E-state index < -0.39 is 0 Å². The van der Waals surface area contributed by atoms with E-state index in [0.29, 0.717) is 10.9 Å². The lowest BCUT2D eigenvalue weighted by Crippen LogP contribution is -2.23. The molecule has 0 saturated carbocycles. The van der Waals surface area contributed by atoms with Gasteiger partial charge in [0.15, 0.2) is 0 Å². The van der Waals surface area contributed by atoms with E-state index in [4.69, 9.17) is 11.6 Å². The summed E-state index contributed by atoms with van der Waals surface area (Å²) < 4.78 is 0. The van der Waals surface area contributed by atoms with E-state index >= 15 is 0 Å². The van der Waals surface area contributed by atoms with Crippen molar-refractivity contribution in [2.45, 2.75) is 26.3 Å². The third-order valence-corrected chi connectivity index (χ3v) is 3.99. The van der Waals surface area contributed by atoms with Gasteiger partial charge in [-0.1, -0.05) is 25.4 Å². The average molecular weight is 296 g/mol. The van der Waals surface area contributed by atoms with Crippen LogP contribution in [0.4, 0.5) is 11.4 Å². The Balaban J connectivity index is 2.25. The third-order valence-electron chi connectivity index (χ3n) is 3.69. The van der Waals surface area contributed by atoms with Crippen molar-refractivity contribution in [2.75, 3.05) is 30.9 Å². The Morgan fingerprint density at radius 2 is 2.15 bits per heavy atom. The van der Waals surface area contributed by atoms with Crippen molar-refractivity contribution < 1.29 is 4.79 Å². The molecule has 0 radical (unpaired) electrons. The van der Waals surface area contributed by atoms with E-state index in [1.54, 1.807) is 7.05 Å². The summed E-state index contributed by atoms with van der Waals surface area (Å²) in [6.45, 7) is 5.35. The number of carbonyl (C=O) groups excluding carboxylic acids is 1. The van der Waals surface area contributed by atoms with E-state index in [1.807, 2.05) is 19.2 Å². The number of nitrogens with zero attached hydrogens (tertiary/aromatic N) is 1. The second kappa shape index (κ2) is 6.02. The molecule has 1 aliphatic rings. The summed E-state index contributed by atoms with van der Waals surface area (Å²) in [4.78, 5) is 14.0. The number of rotatable bonds is 5. The Bertz CT molecular complexity index is 516. The highest BCUT2D eigenvalue weighted by molar-refractivity contribution is 6.33. The van der Waals surface area contributed by atoms with Crippen LogP contribution in [0, 0.1) is 5.92 Å². The van der Waals surface area contributed by atoms with Crippen molar-refractivity contribution >= 4 is 28.9 Å². The van der Waals surface area contributed by atoms with Gasteiger partial charge in [-0.2, -0.15) is 0 Å². The van der Waals surface area contributed by atoms with Gasteiger partial charge < -0.3 is 15.5 Å². The molecular weight excluding hydrogens is 274 g/mol. The predicted octanol–water partition coefficient (Wildman–Crippen LogP) is 3.03. The van der Waals surface area contributed by atoms with Gasteiger partial charge in [0.2, 0.25) is 5.91 Å². The maximum atomic E-state index is 11.8. The molecule has 2 N–H and O–H groups in total. The van der Waals surface area contributed by atoms with Gasteiger partial charge in [-0.15, -0.1) is 0 Å². The monoisotopic (exact) mass is 295 g/mol. The molecule has 0 aliphatic carbocycles. The number of benzene rings is 1. The van der Waals surface area contributed by atoms with E-state index in [-0.39, 0.29) is 11.9 Å². The SMILES string of the molecule is CNC1C(=O)Nc2cc(N(C)CCC(C)C)c(Cl)cc21. The molecule has 1 atom stereocenters. The summed E-state index contributed by atoms with van der Waals surface area (Å²) in [6.07, 6.45) is 1.11. The second-order valence-corrected chi connectivity index (χ2v) is 6.11. The standard InChI is InChI=1S/C15H22ClN3O/c1-9(2)5-6-19(4)13-8-12-10(7-11(13)16)14(17-3)15(20)18-12/h7-9,14,17H,5-6H2,1-4H3,(H,18,20). The Labute approximate surface area is 125 Å². The highest BCUT2D eigenvalue weighted by Gasteiger charge is 2.30. The van der Waals surface area contributed by atoms with Gasteiger partial charge in [0.25, 0.3) is 0 Å². The molecule has 1 aromatic rings. The van der Waals surface area contributed by atoms with Gasteiger partial charge in [0, 0.05) is 24.8 Å². The summed E-state index contributed by atoms with van der Waals surface area (Å²) in [5.74, 6) is 0.625. The minimum Gasteiger partial charge on any atom is -0.373 e. The van der Waals surface area contributed by atoms with Crippen LogP contribution >= 0.6 is 11.6 Å². The van der Waals surface area contributed by atoms with Gasteiger partial charge in [-0.3, -0.25) is 4.79 Å². The minimum atomic E-state index is -0.308. The molecule has 1 amide bonds. The lowest BCUT2D eigenvalue weighted by Gasteiger charge is -2.22. The van der Waals surface area contributed by atoms with Crippen LogP contribution in [0.25, 0.3) is 0 Å². The number of hydrogen-bond acceptors (Lipinski definition) is 3. The van der Waals surface area contributed by atoms with Gasteiger partial charge in [-0.25, -0.2) is 0 Å². The van der Waals surface area contributed by atoms with Crippen LogP contribution in [0.2, 0.25) is 5.02 Å². The van der Waals surface area contributed by atoms with Crippen LogP contribution < -0.4 is 15.5 Å². The van der Waals surface area contributed by atoms with Crippen LogP contribution in [-0.2, 0) is 4.79 Å². The van der Waals surface area contributed by atoms with Crippen LogP contribution in [0.1, 0.15) is 31.9 Å². The first-order valence-corrected chi connectivity index (χ1v) is 7.34. The smallest absolute Gasteiger partial charge is 0.246 e. The fourth-order valence-corrected chi connectivity index (χ4v) is 2.74. The Morgan fingerprint density at radius 1 is 1.45 bits per heavy atom. The van der Waals surface area contributed by atoms with Gasteiger partial charge in [-0.05, 0) is 31.5 Å². The number of amides is 1. The number of halogens is 1. The molecule has 5 heteroatoms. The zero-order chi connectivity index (χ0) is 14.9. The predicted molar refractivity (Wildman–Crippen MR) is 84.6 cm³/mol. The third kappa shape index (κ3) is 2.91. The van der Waals surface area contributed by atoms with Crippen molar-refractivity contribution in [3.8, 4) is 0 Å². The molecular formula is C15H22ClN3O. The fourth-order valence-electron chi connectivity index (χ4n) is 2.42. The van der Waals surface area contributed by atoms with Crippen LogP contribution in [0.3, 0.4) is 0 Å². The quantitative estimate of drug-likeness (QED) is 0.877. The molecule has 0 spiro atoms. The van der Waals surface area contributed by atoms with Crippen molar-refractivity contribution in [3.05, 3.63) is 22.7 Å². The van der Waals surface area contributed by atoms with E-state index in [1.165, 1.54) is 0 Å². The maximum absolute atomic E-state index is 11.8. The molecule has 4 nitrogen and oxygen atoms in total. The zero-order valence-corrected chi connectivity index (χ0v) is 13.2. The molecule has 1 aromatic carbocycles. The second-order valence-electron chi connectivity index (χ2n) is 5.71. The number of hydrogen-bond donors (Lipinski definition) is 2. The Hall–Kier alpha value is -1.26. The van der Waals surface area contributed by atoms with Crippen LogP contribution in [-0.4, -0.2) is 26.5 Å². The molecule has 20 heavy (non-hydrogen) atoms. The molecule has 2 rings (SSSR count). The van der Waals surface area contributed by atoms with Gasteiger partial charge >= 0.3 is 0 Å². The van der Waals surface area contributed by atoms with E-state index in [9.17, 15) is 4.79 Å². The maximum Gasteiger partial charge on any atom is 0.246 e. The van der Waals surface area contributed by atoms with Crippen molar-refractivity contribution in [1.82, 2.24) is 5.32 Å². The summed E-state index contributed by atoms with van der Waals surface area (Å²) in [6, 6.07) is 3.54. The molecule has 1 aliphatic heterocycles. The molecule has 0 saturated heterocycles. The minimum absolute atomic E-state index is 0.0273. The normalized spacial score (nSPS) is 17.3. The van der Waals surface area contributed by atoms with Crippen molar-refractivity contribution in [1.29, 1.82) is 0 Å². The number of nitrogens with one attached hydrogen (secondary N) is 2. The first-order valence-electron chi connectivity index (χ1n) is 6.96. The Morgan fingerprint density at radius 3 is 2.75 bits per heavy atom. The highest BCUT2D eigenvalue weighted by atomic mass is 35.5. The average Bonchev–Trinajstić information content (AvgIpc) is 2.69. The summed E-state index contributed by atoms with van der Waals surface area (Å²) in [5.41, 5.74) is 2.73. The number of fused-ring (bicyclic) bond motifs is 1. The number of likely N-dealkylation sites (N-methyl/N-ethyl adjacent to an activating group) is 1.